The summed E-state index contributed by atoms with van der Waals surface area (Å²) in [6.07, 6.45) is 3.38. The Labute approximate surface area is 166 Å². The molecular weight excluding hydrogens is 379 g/mol. The van der Waals surface area contributed by atoms with Gasteiger partial charge in [-0.05, 0) is 30.3 Å². The molecule has 0 bridgehead atoms. The molecule has 0 atom stereocenters. The van der Waals surface area contributed by atoms with Crippen LogP contribution in [0.5, 0.6) is 0 Å². The van der Waals surface area contributed by atoms with Gasteiger partial charge >= 0.3 is 0 Å². The van der Waals surface area contributed by atoms with Crippen LogP contribution in [0.2, 0.25) is 0 Å². The van der Waals surface area contributed by atoms with Crippen LogP contribution in [0.25, 0.3) is 5.69 Å². The van der Waals surface area contributed by atoms with E-state index in [0.29, 0.717) is 16.5 Å². The Kier molecular flexibility index (Phi) is 6.44. The van der Waals surface area contributed by atoms with E-state index >= 15 is 0 Å². The molecule has 3 aromatic rings. The highest BCUT2D eigenvalue weighted by atomic mass is 32.2. The van der Waals surface area contributed by atoms with E-state index in [4.69, 9.17) is 5.73 Å². The smallest absolute Gasteiger partial charge is 0.237 e. The number of amides is 2. The van der Waals surface area contributed by atoms with E-state index in [2.05, 4.69) is 4.98 Å². The maximum Gasteiger partial charge on any atom is 0.237 e. The third-order valence-electron chi connectivity index (χ3n) is 3.97. The topological polar surface area (TPSA) is 81.2 Å². The molecule has 144 valence electrons. The number of carbonyl (C=O) groups is 2. The quantitative estimate of drug-likeness (QED) is 0.592. The van der Waals surface area contributed by atoms with Crippen LogP contribution in [0.15, 0.2) is 72.1 Å². The van der Waals surface area contributed by atoms with Gasteiger partial charge in [0.1, 0.15) is 5.82 Å². The normalized spacial score (nSPS) is 10.6. The molecule has 0 aliphatic heterocycles. The Hall–Kier alpha value is -3.13. The third kappa shape index (κ3) is 4.98. The number of anilines is 1. The standard InChI is InChI=1S/C20H19FN4O2S/c21-15-5-4-8-17(13-15)25-12-10-23-20(25)28-14-19(27)24(11-9-18(22)26)16-6-2-1-3-7-16/h1-8,10,12-13H,9,11,14H2,(H2,22,26). The van der Waals surface area contributed by atoms with Gasteiger partial charge in [-0.1, -0.05) is 36.0 Å². The highest BCUT2D eigenvalue weighted by Gasteiger charge is 2.18. The summed E-state index contributed by atoms with van der Waals surface area (Å²) >= 11 is 1.24. The average molecular weight is 398 g/mol. The van der Waals surface area contributed by atoms with Crippen molar-refractivity contribution < 1.29 is 14.0 Å². The van der Waals surface area contributed by atoms with Crippen molar-refractivity contribution in [2.45, 2.75) is 11.6 Å². The number of nitrogens with zero attached hydrogens (tertiary/aromatic N) is 3. The summed E-state index contributed by atoms with van der Waals surface area (Å²) in [5, 5.41) is 0.571. The summed E-state index contributed by atoms with van der Waals surface area (Å²) in [5.74, 6) is -0.880. The van der Waals surface area contributed by atoms with Gasteiger partial charge in [0, 0.05) is 31.0 Å². The Morgan fingerprint density at radius 2 is 1.93 bits per heavy atom. The lowest BCUT2D eigenvalue weighted by atomic mass is 10.2. The van der Waals surface area contributed by atoms with Crippen LogP contribution in [0.4, 0.5) is 10.1 Å². The molecule has 0 saturated carbocycles. The van der Waals surface area contributed by atoms with Gasteiger partial charge in [-0.2, -0.15) is 0 Å². The van der Waals surface area contributed by atoms with Crippen LogP contribution >= 0.6 is 11.8 Å². The predicted octanol–water partition coefficient (Wildman–Crippen LogP) is 3.01. The number of nitrogens with two attached hydrogens (primary N) is 1. The first-order valence-electron chi connectivity index (χ1n) is 8.60. The molecule has 0 radical (unpaired) electrons. The van der Waals surface area contributed by atoms with Gasteiger partial charge in [-0.25, -0.2) is 9.37 Å². The minimum Gasteiger partial charge on any atom is -0.370 e. The molecule has 0 aliphatic rings. The largest absolute Gasteiger partial charge is 0.370 e. The van der Waals surface area contributed by atoms with E-state index in [1.807, 2.05) is 18.2 Å². The van der Waals surface area contributed by atoms with Crippen LogP contribution < -0.4 is 10.6 Å². The molecule has 8 heteroatoms. The van der Waals surface area contributed by atoms with E-state index in [-0.39, 0.29) is 30.4 Å². The summed E-state index contributed by atoms with van der Waals surface area (Å²) in [7, 11) is 0. The zero-order valence-corrected chi connectivity index (χ0v) is 15.8. The van der Waals surface area contributed by atoms with Crippen molar-refractivity contribution in [1.29, 1.82) is 0 Å². The zero-order chi connectivity index (χ0) is 19.9. The van der Waals surface area contributed by atoms with Gasteiger partial charge in [0.25, 0.3) is 0 Å². The summed E-state index contributed by atoms with van der Waals surface area (Å²) in [4.78, 5) is 29.8. The molecule has 6 nitrogen and oxygen atoms in total. The first-order chi connectivity index (χ1) is 13.5. The van der Waals surface area contributed by atoms with Crippen molar-refractivity contribution in [3.63, 3.8) is 0 Å². The van der Waals surface area contributed by atoms with E-state index in [0.717, 1.165) is 0 Å². The number of rotatable bonds is 8. The Bertz CT molecular complexity index is 962. The minimum absolute atomic E-state index is 0.0726. The second-order valence-corrected chi connectivity index (χ2v) is 6.89. The highest BCUT2D eigenvalue weighted by Crippen LogP contribution is 2.23. The SMILES string of the molecule is NC(=O)CCN(C(=O)CSc1nccn1-c1cccc(F)c1)c1ccccc1. The number of imidazole rings is 1. The van der Waals surface area contributed by atoms with Crippen molar-refractivity contribution in [3.05, 3.63) is 72.8 Å². The summed E-state index contributed by atoms with van der Waals surface area (Å²) in [6.45, 7) is 0.205. The summed E-state index contributed by atoms with van der Waals surface area (Å²) in [6, 6.07) is 15.3. The monoisotopic (exact) mass is 398 g/mol. The molecule has 0 unspecified atom stereocenters. The molecule has 28 heavy (non-hydrogen) atoms. The average Bonchev–Trinajstić information content (AvgIpc) is 3.16. The Balaban J connectivity index is 1.73. The molecule has 0 saturated heterocycles. The third-order valence-corrected chi connectivity index (χ3v) is 4.92. The fourth-order valence-corrected chi connectivity index (χ4v) is 3.50. The maximum atomic E-state index is 13.5. The molecule has 2 N–H and O–H groups in total. The van der Waals surface area contributed by atoms with Crippen molar-refractivity contribution in [1.82, 2.24) is 9.55 Å². The minimum atomic E-state index is -0.469. The number of primary amides is 1. The lowest BCUT2D eigenvalue weighted by Crippen LogP contribution is -2.35. The first-order valence-corrected chi connectivity index (χ1v) is 9.59. The van der Waals surface area contributed by atoms with Crippen molar-refractivity contribution in [3.8, 4) is 5.69 Å². The molecule has 1 aromatic heterocycles. The van der Waals surface area contributed by atoms with Crippen LogP contribution in [-0.4, -0.2) is 33.7 Å². The fourth-order valence-electron chi connectivity index (χ4n) is 2.65. The van der Waals surface area contributed by atoms with E-state index < -0.39 is 5.91 Å². The number of hydrogen-bond acceptors (Lipinski definition) is 4. The van der Waals surface area contributed by atoms with E-state index in [9.17, 15) is 14.0 Å². The van der Waals surface area contributed by atoms with Gasteiger partial charge in [0.05, 0.1) is 11.4 Å². The zero-order valence-electron chi connectivity index (χ0n) is 15.0. The molecule has 0 spiro atoms. The van der Waals surface area contributed by atoms with Gasteiger partial charge in [0.2, 0.25) is 11.8 Å². The van der Waals surface area contributed by atoms with Gasteiger partial charge in [0.15, 0.2) is 5.16 Å². The second kappa shape index (κ2) is 9.18. The molecule has 3 rings (SSSR count). The molecule has 2 amide bonds. The van der Waals surface area contributed by atoms with Crippen LogP contribution in [-0.2, 0) is 9.59 Å². The highest BCUT2D eigenvalue weighted by molar-refractivity contribution is 7.99. The molecule has 1 heterocycles. The second-order valence-electron chi connectivity index (χ2n) is 5.95. The Morgan fingerprint density at radius 3 is 2.64 bits per heavy atom. The number of benzene rings is 2. The number of aromatic nitrogens is 2. The molecule has 0 aliphatic carbocycles. The summed E-state index contributed by atoms with van der Waals surface area (Å²) < 4.78 is 15.2. The van der Waals surface area contributed by atoms with Crippen LogP contribution in [0.3, 0.4) is 0 Å². The van der Waals surface area contributed by atoms with Gasteiger partial charge in [-0.15, -0.1) is 0 Å². The van der Waals surface area contributed by atoms with E-state index in [1.165, 1.54) is 28.8 Å². The molecule has 0 fully saturated rings. The number of carbonyl (C=O) groups excluding carboxylic acids is 2. The molecular formula is C20H19FN4O2S. The van der Waals surface area contributed by atoms with Gasteiger partial charge < -0.3 is 10.6 Å². The lowest BCUT2D eigenvalue weighted by molar-refractivity contribution is -0.118. The number of thioether (sulfide) groups is 1. The predicted molar refractivity (Wildman–Crippen MR) is 107 cm³/mol. The maximum absolute atomic E-state index is 13.5. The summed E-state index contributed by atoms with van der Waals surface area (Å²) in [5.41, 5.74) is 6.56. The van der Waals surface area contributed by atoms with Crippen LogP contribution in [0.1, 0.15) is 6.42 Å². The fraction of sp³-hybridized carbons (Fsp3) is 0.150. The number of halogens is 1. The van der Waals surface area contributed by atoms with Crippen molar-refractivity contribution in [2.75, 3.05) is 17.2 Å². The lowest BCUT2D eigenvalue weighted by Gasteiger charge is -2.22. The first kappa shape index (κ1) is 19.6. The van der Waals surface area contributed by atoms with E-state index in [1.54, 1.807) is 41.2 Å². The Morgan fingerprint density at radius 1 is 1.14 bits per heavy atom. The van der Waals surface area contributed by atoms with Crippen molar-refractivity contribution in [2.24, 2.45) is 5.73 Å². The van der Waals surface area contributed by atoms with Crippen molar-refractivity contribution >= 4 is 29.3 Å². The molecule has 2 aromatic carbocycles. The number of para-hydroxylation sites is 1. The van der Waals surface area contributed by atoms with Gasteiger partial charge in [-0.3, -0.25) is 14.2 Å². The number of hydrogen-bond donors (Lipinski definition) is 1. The van der Waals surface area contributed by atoms with Crippen LogP contribution in [0, 0.1) is 5.82 Å².